The minimum absolute atomic E-state index is 0.699. The molecule has 96 valence electrons. The smallest absolute Gasteiger partial charge is 0.0951 e. The second-order valence-electron chi connectivity index (χ2n) is 5.01. The Morgan fingerprint density at radius 3 is 2.83 bits per heavy atom. The Morgan fingerprint density at radius 1 is 1.33 bits per heavy atom. The van der Waals surface area contributed by atoms with E-state index in [2.05, 4.69) is 26.9 Å². The monoisotopic (exact) mass is 245 g/mol. The van der Waals surface area contributed by atoms with E-state index in [-0.39, 0.29) is 0 Å². The molecule has 0 atom stereocenters. The van der Waals surface area contributed by atoms with Gasteiger partial charge in [-0.25, -0.2) is 4.98 Å². The van der Waals surface area contributed by atoms with Crippen LogP contribution in [0.25, 0.3) is 0 Å². The summed E-state index contributed by atoms with van der Waals surface area (Å²) >= 11 is 0. The number of nitrogens with one attached hydrogen (secondary N) is 1. The summed E-state index contributed by atoms with van der Waals surface area (Å²) in [5.41, 5.74) is 3.76. The Balaban J connectivity index is 1.58. The lowest BCUT2D eigenvalue weighted by Crippen LogP contribution is -2.15. The van der Waals surface area contributed by atoms with Gasteiger partial charge in [0.15, 0.2) is 0 Å². The van der Waals surface area contributed by atoms with Gasteiger partial charge in [-0.2, -0.15) is 5.10 Å². The number of rotatable bonds is 5. The summed E-state index contributed by atoms with van der Waals surface area (Å²) in [4.78, 5) is 4.24. The zero-order chi connectivity index (χ0) is 12.5. The summed E-state index contributed by atoms with van der Waals surface area (Å²) in [6.45, 7) is 3.82. The Bertz CT molecular complexity index is 535. The molecule has 5 heteroatoms. The van der Waals surface area contributed by atoms with Gasteiger partial charge in [-0.15, -0.1) is 0 Å². The lowest BCUT2D eigenvalue weighted by atomic mass is 10.2. The standard InChI is InChI=1S/C13H19N5/c1-10-11(6-16-17(10)2)5-14-7-13-8-15-9-18(13)12-3-4-12/h6,8-9,12,14H,3-5,7H2,1-2H3. The van der Waals surface area contributed by atoms with E-state index in [0.29, 0.717) is 6.04 Å². The van der Waals surface area contributed by atoms with Gasteiger partial charge in [-0.05, 0) is 19.8 Å². The van der Waals surface area contributed by atoms with Gasteiger partial charge in [0.05, 0.1) is 18.2 Å². The molecule has 2 aromatic heterocycles. The largest absolute Gasteiger partial charge is 0.330 e. The van der Waals surface area contributed by atoms with E-state index in [1.54, 1.807) is 0 Å². The van der Waals surface area contributed by atoms with Gasteiger partial charge in [0.25, 0.3) is 0 Å². The summed E-state index contributed by atoms with van der Waals surface area (Å²) in [7, 11) is 1.97. The predicted molar refractivity (Wildman–Crippen MR) is 69.0 cm³/mol. The molecule has 0 radical (unpaired) electrons. The van der Waals surface area contributed by atoms with Gasteiger partial charge in [0, 0.05) is 43.6 Å². The lowest BCUT2D eigenvalue weighted by Gasteiger charge is -2.07. The molecular weight excluding hydrogens is 226 g/mol. The van der Waals surface area contributed by atoms with Gasteiger partial charge in [-0.3, -0.25) is 4.68 Å². The van der Waals surface area contributed by atoms with E-state index in [0.717, 1.165) is 13.1 Å². The normalized spacial score (nSPS) is 15.2. The topological polar surface area (TPSA) is 47.7 Å². The third-order valence-corrected chi connectivity index (χ3v) is 3.65. The van der Waals surface area contributed by atoms with Crippen molar-refractivity contribution < 1.29 is 0 Å². The number of hydrogen-bond acceptors (Lipinski definition) is 3. The lowest BCUT2D eigenvalue weighted by molar-refractivity contribution is 0.619. The molecule has 0 aromatic carbocycles. The van der Waals surface area contributed by atoms with E-state index in [4.69, 9.17) is 0 Å². The van der Waals surface area contributed by atoms with Crippen LogP contribution in [0.15, 0.2) is 18.7 Å². The van der Waals surface area contributed by atoms with E-state index >= 15 is 0 Å². The highest BCUT2D eigenvalue weighted by Gasteiger charge is 2.24. The first kappa shape index (κ1) is 11.5. The molecule has 3 rings (SSSR count). The van der Waals surface area contributed by atoms with Crippen LogP contribution < -0.4 is 5.32 Å². The molecule has 0 unspecified atom stereocenters. The van der Waals surface area contributed by atoms with Gasteiger partial charge in [-0.1, -0.05) is 0 Å². The number of aryl methyl sites for hydroxylation is 1. The fourth-order valence-corrected chi connectivity index (χ4v) is 2.19. The van der Waals surface area contributed by atoms with Crippen LogP contribution in [0, 0.1) is 6.92 Å². The fraction of sp³-hybridized carbons (Fsp3) is 0.538. The maximum absolute atomic E-state index is 4.25. The molecule has 5 nitrogen and oxygen atoms in total. The summed E-state index contributed by atoms with van der Waals surface area (Å²) < 4.78 is 4.20. The van der Waals surface area contributed by atoms with Gasteiger partial charge in [0.2, 0.25) is 0 Å². The Kier molecular flexibility index (Phi) is 2.91. The Hall–Kier alpha value is -1.62. The van der Waals surface area contributed by atoms with Crippen LogP contribution in [0.3, 0.4) is 0 Å². The van der Waals surface area contributed by atoms with Crippen molar-refractivity contribution in [1.82, 2.24) is 24.6 Å². The number of imidazole rings is 1. The van der Waals surface area contributed by atoms with Crippen molar-refractivity contribution in [2.45, 2.75) is 38.9 Å². The second-order valence-corrected chi connectivity index (χ2v) is 5.01. The maximum atomic E-state index is 4.25. The van der Waals surface area contributed by atoms with Crippen molar-refractivity contribution in [2.24, 2.45) is 7.05 Å². The molecule has 0 saturated heterocycles. The Labute approximate surface area is 107 Å². The first-order valence-corrected chi connectivity index (χ1v) is 6.44. The molecule has 0 spiro atoms. The quantitative estimate of drug-likeness (QED) is 0.869. The van der Waals surface area contributed by atoms with Gasteiger partial charge < -0.3 is 9.88 Å². The average molecular weight is 245 g/mol. The van der Waals surface area contributed by atoms with E-state index in [1.165, 1.54) is 29.8 Å². The highest BCUT2D eigenvalue weighted by Crippen LogP contribution is 2.35. The summed E-state index contributed by atoms with van der Waals surface area (Å²) in [6.07, 6.45) is 8.43. The third-order valence-electron chi connectivity index (χ3n) is 3.65. The molecule has 1 aliphatic carbocycles. The Morgan fingerprint density at radius 2 is 2.17 bits per heavy atom. The molecule has 0 aliphatic heterocycles. The van der Waals surface area contributed by atoms with Crippen molar-refractivity contribution in [2.75, 3.05) is 0 Å². The highest BCUT2D eigenvalue weighted by molar-refractivity contribution is 5.15. The molecule has 2 aromatic rings. The van der Waals surface area contributed by atoms with Crippen molar-refractivity contribution in [3.8, 4) is 0 Å². The van der Waals surface area contributed by atoms with Crippen LogP contribution in [0.2, 0.25) is 0 Å². The zero-order valence-corrected chi connectivity index (χ0v) is 10.9. The molecule has 1 fully saturated rings. The maximum Gasteiger partial charge on any atom is 0.0951 e. The molecular formula is C13H19N5. The van der Waals surface area contributed by atoms with Crippen LogP contribution in [0.5, 0.6) is 0 Å². The summed E-state index contributed by atoms with van der Waals surface area (Å²) in [6, 6.07) is 0.699. The molecule has 2 heterocycles. The first-order valence-electron chi connectivity index (χ1n) is 6.44. The van der Waals surface area contributed by atoms with Crippen molar-refractivity contribution in [3.63, 3.8) is 0 Å². The van der Waals surface area contributed by atoms with Crippen LogP contribution in [0.4, 0.5) is 0 Å². The van der Waals surface area contributed by atoms with E-state index in [9.17, 15) is 0 Å². The van der Waals surface area contributed by atoms with Crippen LogP contribution in [-0.4, -0.2) is 19.3 Å². The molecule has 1 aliphatic rings. The minimum atomic E-state index is 0.699. The van der Waals surface area contributed by atoms with Crippen molar-refractivity contribution in [1.29, 1.82) is 0 Å². The van der Waals surface area contributed by atoms with Gasteiger partial charge >= 0.3 is 0 Å². The van der Waals surface area contributed by atoms with Crippen molar-refractivity contribution >= 4 is 0 Å². The number of aromatic nitrogens is 4. The molecule has 0 amide bonds. The van der Waals surface area contributed by atoms with E-state index < -0.39 is 0 Å². The molecule has 0 bridgehead atoms. The SMILES string of the molecule is Cc1c(CNCc2cncn2C2CC2)cnn1C. The van der Waals surface area contributed by atoms with Crippen LogP contribution >= 0.6 is 0 Å². The van der Waals surface area contributed by atoms with Crippen LogP contribution in [-0.2, 0) is 20.1 Å². The fourth-order valence-electron chi connectivity index (χ4n) is 2.19. The second kappa shape index (κ2) is 4.57. The highest BCUT2D eigenvalue weighted by atomic mass is 15.3. The number of nitrogens with zero attached hydrogens (tertiary/aromatic N) is 4. The van der Waals surface area contributed by atoms with Gasteiger partial charge in [0.1, 0.15) is 0 Å². The minimum Gasteiger partial charge on any atom is -0.330 e. The molecule has 18 heavy (non-hydrogen) atoms. The molecule has 1 N–H and O–H groups in total. The van der Waals surface area contributed by atoms with Crippen molar-refractivity contribution in [3.05, 3.63) is 35.7 Å². The predicted octanol–water partition coefficient (Wildman–Crippen LogP) is 1.55. The zero-order valence-electron chi connectivity index (χ0n) is 10.9. The van der Waals surface area contributed by atoms with E-state index in [1.807, 2.05) is 30.5 Å². The summed E-state index contributed by atoms with van der Waals surface area (Å²) in [5, 5.41) is 7.71. The number of hydrogen-bond donors (Lipinski definition) is 1. The molecule has 1 saturated carbocycles. The first-order chi connectivity index (χ1) is 8.75. The summed E-state index contributed by atoms with van der Waals surface area (Å²) in [5.74, 6) is 0. The van der Waals surface area contributed by atoms with Crippen LogP contribution in [0.1, 0.15) is 35.8 Å². The third kappa shape index (κ3) is 2.18. The average Bonchev–Trinajstić information content (AvgIpc) is 3.04.